The summed E-state index contributed by atoms with van der Waals surface area (Å²) in [5, 5.41) is 0. The van der Waals surface area contributed by atoms with Gasteiger partial charge >= 0.3 is 0 Å². The highest BCUT2D eigenvalue weighted by molar-refractivity contribution is 5.82. The van der Waals surface area contributed by atoms with Crippen molar-refractivity contribution in [1.29, 1.82) is 0 Å². The SMILES string of the molecule is CCC(=O)CC(CC(=O)CC)c1ccccc1. The maximum Gasteiger partial charge on any atom is 0.133 e. The molecule has 0 aliphatic carbocycles. The Bertz CT molecular complexity index is 350. The van der Waals surface area contributed by atoms with Crippen LogP contribution >= 0.6 is 0 Å². The van der Waals surface area contributed by atoms with E-state index in [2.05, 4.69) is 0 Å². The fourth-order valence-corrected chi connectivity index (χ4v) is 1.87. The molecule has 1 aromatic carbocycles. The predicted octanol–water partition coefficient (Wildman–Crippen LogP) is 3.51. The van der Waals surface area contributed by atoms with Crippen molar-refractivity contribution < 1.29 is 9.59 Å². The number of ketones is 2. The Hall–Kier alpha value is -1.44. The van der Waals surface area contributed by atoms with Gasteiger partial charge in [0.25, 0.3) is 0 Å². The van der Waals surface area contributed by atoms with Crippen molar-refractivity contribution in [3.8, 4) is 0 Å². The summed E-state index contributed by atoms with van der Waals surface area (Å²) >= 11 is 0. The maximum atomic E-state index is 11.6. The smallest absolute Gasteiger partial charge is 0.133 e. The Morgan fingerprint density at radius 3 is 1.82 bits per heavy atom. The summed E-state index contributed by atoms with van der Waals surface area (Å²) in [6.07, 6.45) is 2.05. The van der Waals surface area contributed by atoms with Crippen LogP contribution in [0.2, 0.25) is 0 Å². The van der Waals surface area contributed by atoms with Crippen LogP contribution < -0.4 is 0 Å². The molecule has 1 rings (SSSR count). The molecule has 2 nitrogen and oxygen atoms in total. The van der Waals surface area contributed by atoms with Gasteiger partial charge in [-0.25, -0.2) is 0 Å². The Balaban J connectivity index is 2.79. The molecule has 0 N–H and O–H groups in total. The quantitative estimate of drug-likeness (QED) is 0.721. The number of benzene rings is 1. The first kappa shape index (κ1) is 13.6. The van der Waals surface area contributed by atoms with E-state index in [1.54, 1.807) is 0 Å². The zero-order valence-electron chi connectivity index (χ0n) is 10.6. The maximum absolute atomic E-state index is 11.6. The number of rotatable bonds is 7. The van der Waals surface area contributed by atoms with Gasteiger partial charge in [-0.15, -0.1) is 0 Å². The van der Waals surface area contributed by atoms with E-state index in [1.807, 2.05) is 44.2 Å². The molecule has 0 aromatic heterocycles. The summed E-state index contributed by atoms with van der Waals surface area (Å²) in [7, 11) is 0. The van der Waals surface area contributed by atoms with Crippen LogP contribution in [-0.4, -0.2) is 11.6 Å². The average Bonchev–Trinajstić information content (AvgIpc) is 2.38. The highest BCUT2D eigenvalue weighted by Gasteiger charge is 2.17. The van der Waals surface area contributed by atoms with Crippen molar-refractivity contribution in [1.82, 2.24) is 0 Å². The first-order chi connectivity index (χ1) is 8.17. The van der Waals surface area contributed by atoms with Crippen LogP contribution in [0.25, 0.3) is 0 Å². The lowest BCUT2D eigenvalue weighted by Gasteiger charge is -2.15. The molecule has 2 heteroatoms. The molecule has 0 fully saturated rings. The summed E-state index contributed by atoms with van der Waals surface area (Å²) in [4.78, 5) is 23.1. The Morgan fingerprint density at radius 2 is 1.41 bits per heavy atom. The Kier molecular flexibility index (Phi) is 5.61. The van der Waals surface area contributed by atoms with Crippen LogP contribution in [0.4, 0.5) is 0 Å². The number of carbonyl (C=O) groups excluding carboxylic acids is 2. The lowest BCUT2D eigenvalue weighted by atomic mass is 9.88. The van der Waals surface area contributed by atoms with Gasteiger partial charge in [-0.2, -0.15) is 0 Å². The molecule has 0 heterocycles. The number of hydrogen-bond donors (Lipinski definition) is 0. The summed E-state index contributed by atoms with van der Waals surface area (Å²) < 4.78 is 0. The predicted molar refractivity (Wildman–Crippen MR) is 69.0 cm³/mol. The van der Waals surface area contributed by atoms with Gasteiger partial charge in [0.05, 0.1) is 0 Å². The van der Waals surface area contributed by atoms with E-state index in [-0.39, 0.29) is 17.5 Å². The zero-order chi connectivity index (χ0) is 12.7. The van der Waals surface area contributed by atoms with E-state index in [0.717, 1.165) is 5.56 Å². The van der Waals surface area contributed by atoms with E-state index < -0.39 is 0 Å². The van der Waals surface area contributed by atoms with Gasteiger partial charge in [0, 0.05) is 25.7 Å². The van der Waals surface area contributed by atoms with Gasteiger partial charge in [-0.05, 0) is 11.5 Å². The molecular formula is C15H20O2. The monoisotopic (exact) mass is 232 g/mol. The van der Waals surface area contributed by atoms with E-state index >= 15 is 0 Å². The van der Waals surface area contributed by atoms with Gasteiger partial charge in [-0.3, -0.25) is 9.59 Å². The van der Waals surface area contributed by atoms with Crippen molar-refractivity contribution in [2.75, 3.05) is 0 Å². The number of hydrogen-bond acceptors (Lipinski definition) is 2. The second kappa shape index (κ2) is 7.00. The van der Waals surface area contributed by atoms with Gasteiger partial charge in [-0.1, -0.05) is 44.2 Å². The standard InChI is InChI=1S/C15H20O2/c1-3-14(16)10-13(11-15(17)4-2)12-8-6-5-7-9-12/h5-9,13H,3-4,10-11H2,1-2H3. The van der Waals surface area contributed by atoms with Crippen LogP contribution in [0.15, 0.2) is 30.3 Å². The molecule has 0 aliphatic heterocycles. The molecular weight excluding hydrogens is 212 g/mol. The molecule has 92 valence electrons. The Labute approximate surface area is 103 Å². The summed E-state index contributed by atoms with van der Waals surface area (Å²) in [5.41, 5.74) is 1.09. The molecule has 1 aromatic rings. The van der Waals surface area contributed by atoms with Gasteiger partial charge < -0.3 is 0 Å². The third-order valence-electron chi connectivity index (χ3n) is 3.01. The highest BCUT2D eigenvalue weighted by atomic mass is 16.1. The lowest BCUT2D eigenvalue weighted by Crippen LogP contribution is -2.11. The van der Waals surface area contributed by atoms with Crippen molar-refractivity contribution in [3.63, 3.8) is 0 Å². The third kappa shape index (κ3) is 4.51. The van der Waals surface area contributed by atoms with E-state index in [9.17, 15) is 9.59 Å². The van der Waals surface area contributed by atoms with Crippen LogP contribution in [-0.2, 0) is 9.59 Å². The molecule has 0 bridgehead atoms. The van der Waals surface area contributed by atoms with E-state index in [0.29, 0.717) is 25.7 Å². The molecule has 0 aliphatic rings. The van der Waals surface area contributed by atoms with Crippen LogP contribution in [0.1, 0.15) is 51.0 Å². The van der Waals surface area contributed by atoms with E-state index in [4.69, 9.17) is 0 Å². The highest BCUT2D eigenvalue weighted by Crippen LogP contribution is 2.25. The normalized spacial score (nSPS) is 10.5. The van der Waals surface area contributed by atoms with Gasteiger partial charge in [0.1, 0.15) is 11.6 Å². The minimum absolute atomic E-state index is 0.0519. The van der Waals surface area contributed by atoms with Crippen molar-refractivity contribution in [2.24, 2.45) is 0 Å². The first-order valence-electron chi connectivity index (χ1n) is 6.25. The second-order valence-corrected chi connectivity index (χ2v) is 4.30. The lowest BCUT2D eigenvalue weighted by molar-refractivity contribution is -0.120. The molecule has 0 atom stereocenters. The minimum atomic E-state index is 0.0519. The fraction of sp³-hybridized carbons (Fsp3) is 0.467. The summed E-state index contributed by atoms with van der Waals surface area (Å²) in [6.45, 7) is 3.73. The van der Waals surface area contributed by atoms with Gasteiger partial charge in [0.15, 0.2) is 0 Å². The topological polar surface area (TPSA) is 34.1 Å². The molecule has 0 spiro atoms. The Morgan fingerprint density at radius 1 is 0.941 bits per heavy atom. The van der Waals surface area contributed by atoms with Crippen LogP contribution in [0, 0.1) is 0 Å². The van der Waals surface area contributed by atoms with E-state index in [1.165, 1.54) is 0 Å². The second-order valence-electron chi connectivity index (χ2n) is 4.30. The van der Waals surface area contributed by atoms with Crippen molar-refractivity contribution >= 4 is 11.6 Å². The molecule has 0 radical (unpaired) electrons. The molecule has 0 unspecified atom stereocenters. The van der Waals surface area contributed by atoms with Crippen LogP contribution in [0.3, 0.4) is 0 Å². The minimum Gasteiger partial charge on any atom is -0.300 e. The largest absolute Gasteiger partial charge is 0.300 e. The molecule has 0 saturated heterocycles. The van der Waals surface area contributed by atoms with Crippen molar-refractivity contribution in [2.45, 2.75) is 45.4 Å². The number of Topliss-reactive ketones (excluding diaryl/α,β-unsaturated/α-hetero) is 2. The van der Waals surface area contributed by atoms with Crippen LogP contribution in [0.5, 0.6) is 0 Å². The third-order valence-corrected chi connectivity index (χ3v) is 3.01. The zero-order valence-corrected chi connectivity index (χ0v) is 10.6. The fourth-order valence-electron chi connectivity index (χ4n) is 1.87. The van der Waals surface area contributed by atoms with Gasteiger partial charge in [0.2, 0.25) is 0 Å². The average molecular weight is 232 g/mol. The summed E-state index contributed by atoms with van der Waals surface area (Å²) in [6, 6.07) is 9.85. The molecule has 17 heavy (non-hydrogen) atoms. The van der Waals surface area contributed by atoms with Crippen molar-refractivity contribution in [3.05, 3.63) is 35.9 Å². The molecule has 0 amide bonds. The number of carbonyl (C=O) groups is 2. The molecule has 0 saturated carbocycles. The summed E-state index contributed by atoms with van der Waals surface area (Å²) in [5.74, 6) is 0.501. The first-order valence-corrected chi connectivity index (χ1v) is 6.25.